The molecule has 1 heterocycles. The van der Waals surface area contributed by atoms with Gasteiger partial charge in [0, 0.05) is 11.2 Å². The number of sulfonamides is 1. The van der Waals surface area contributed by atoms with Crippen molar-refractivity contribution in [3.8, 4) is 0 Å². The third-order valence-electron chi connectivity index (χ3n) is 5.13. The first kappa shape index (κ1) is 27.0. The van der Waals surface area contributed by atoms with E-state index in [1.54, 1.807) is 0 Å². The molecule has 0 aliphatic rings. The average molecular weight is 544 g/mol. The normalized spacial score (nSPS) is 13.6. The summed E-state index contributed by atoms with van der Waals surface area (Å²) >= 11 is 11.8. The lowest BCUT2D eigenvalue weighted by Crippen LogP contribution is -2.48. The number of halogens is 3. The Morgan fingerprint density at radius 3 is 2.49 bits per heavy atom. The lowest BCUT2D eigenvalue weighted by molar-refractivity contribution is 0.0681. The predicted molar refractivity (Wildman–Crippen MR) is 129 cm³/mol. The van der Waals surface area contributed by atoms with Crippen LogP contribution in [0.25, 0.3) is 0 Å². The third kappa shape index (κ3) is 7.21. The number of rotatable bonds is 10. The summed E-state index contributed by atoms with van der Waals surface area (Å²) in [6, 6.07) is 8.47. The SMILES string of the molecule is CC(C)[C@H](NC(=O)c1ccc(F)cc1Cl)C(O)Cn1cc(CNS(=O)(=O)c2ccc(Cl)cc2)nn1. The molecule has 0 radical (unpaired) electrons. The van der Waals surface area contributed by atoms with Gasteiger partial charge in [-0.3, -0.25) is 4.79 Å². The molecule has 2 aromatic carbocycles. The second-order valence-corrected chi connectivity index (χ2v) is 10.8. The maximum atomic E-state index is 13.3. The van der Waals surface area contributed by atoms with Gasteiger partial charge in [-0.1, -0.05) is 42.3 Å². The van der Waals surface area contributed by atoms with Gasteiger partial charge in [-0.2, -0.15) is 0 Å². The third-order valence-corrected chi connectivity index (χ3v) is 7.12. The highest BCUT2D eigenvalue weighted by Crippen LogP contribution is 2.19. The van der Waals surface area contributed by atoms with Crippen LogP contribution < -0.4 is 10.0 Å². The molecule has 1 unspecified atom stereocenters. The molecule has 1 amide bonds. The Kier molecular flexibility index (Phi) is 8.84. The molecule has 13 heteroatoms. The van der Waals surface area contributed by atoms with Gasteiger partial charge >= 0.3 is 0 Å². The van der Waals surface area contributed by atoms with E-state index in [4.69, 9.17) is 23.2 Å². The first-order valence-electron chi connectivity index (χ1n) is 10.5. The highest BCUT2D eigenvalue weighted by molar-refractivity contribution is 7.89. The van der Waals surface area contributed by atoms with Crippen molar-refractivity contribution in [2.75, 3.05) is 0 Å². The fourth-order valence-electron chi connectivity index (χ4n) is 3.29. The first-order valence-corrected chi connectivity index (χ1v) is 12.8. The largest absolute Gasteiger partial charge is 0.389 e. The van der Waals surface area contributed by atoms with E-state index < -0.39 is 33.9 Å². The molecular weight excluding hydrogens is 520 g/mol. The zero-order valence-corrected chi connectivity index (χ0v) is 21.1. The van der Waals surface area contributed by atoms with E-state index in [0.29, 0.717) is 10.7 Å². The number of benzene rings is 2. The molecule has 0 fully saturated rings. The minimum Gasteiger partial charge on any atom is -0.389 e. The fraction of sp³-hybridized carbons (Fsp3) is 0.318. The second-order valence-electron chi connectivity index (χ2n) is 8.15. The summed E-state index contributed by atoms with van der Waals surface area (Å²) in [7, 11) is -3.78. The van der Waals surface area contributed by atoms with E-state index in [9.17, 15) is 22.7 Å². The lowest BCUT2D eigenvalue weighted by Gasteiger charge is -2.27. The summed E-state index contributed by atoms with van der Waals surface area (Å²) in [5.41, 5.74) is 0.417. The molecule has 188 valence electrons. The Morgan fingerprint density at radius 2 is 1.86 bits per heavy atom. The van der Waals surface area contributed by atoms with E-state index in [1.165, 1.54) is 41.2 Å². The van der Waals surface area contributed by atoms with Gasteiger partial charge in [0.25, 0.3) is 5.91 Å². The molecule has 1 aromatic heterocycles. The number of aromatic nitrogens is 3. The number of aliphatic hydroxyl groups is 1. The molecule has 2 atom stereocenters. The lowest BCUT2D eigenvalue weighted by atomic mass is 9.97. The van der Waals surface area contributed by atoms with E-state index >= 15 is 0 Å². The van der Waals surface area contributed by atoms with Crippen molar-refractivity contribution in [2.24, 2.45) is 5.92 Å². The molecule has 3 aromatic rings. The maximum Gasteiger partial charge on any atom is 0.253 e. The van der Waals surface area contributed by atoms with Gasteiger partial charge in [-0.15, -0.1) is 5.10 Å². The van der Waals surface area contributed by atoms with Crippen molar-refractivity contribution in [2.45, 2.75) is 44.0 Å². The molecular formula is C22H24Cl2FN5O4S. The van der Waals surface area contributed by atoms with Gasteiger partial charge in [0.15, 0.2) is 0 Å². The number of nitrogens with one attached hydrogen (secondary N) is 2. The van der Waals surface area contributed by atoms with Crippen LogP contribution in [0.4, 0.5) is 4.39 Å². The summed E-state index contributed by atoms with van der Waals surface area (Å²) in [4.78, 5) is 12.7. The van der Waals surface area contributed by atoms with Crippen LogP contribution in [-0.4, -0.2) is 46.6 Å². The monoisotopic (exact) mass is 543 g/mol. The first-order chi connectivity index (χ1) is 16.5. The smallest absolute Gasteiger partial charge is 0.253 e. The quantitative estimate of drug-likeness (QED) is 0.360. The van der Waals surface area contributed by atoms with Gasteiger partial charge < -0.3 is 10.4 Å². The number of carbonyl (C=O) groups excluding carboxylic acids is 1. The highest BCUT2D eigenvalue weighted by Gasteiger charge is 2.27. The van der Waals surface area contributed by atoms with Crippen LogP contribution in [0.1, 0.15) is 29.9 Å². The molecule has 0 aliphatic heterocycles. The number of nitrogens with zero attached hydrogens (tertiary/aromatic N) is 3. The predicted octanol–water partition coefficient (Wildman–Crippen LogP) is 3.02. The van der Waals surface area contributed by atoms with Crippen molar-refractivity contribution in [3.63, 3.8) is 0 Å². The van der Waals surface area contributed by atoms with Crippen LogP contribution in [-0.2, 0) is 23.1 Å². The highest BCUT2D eigenvalue weighted by atomic mass is 35.5. The van der Waals surface area contributed by atoms with E-state index in [0.717, 1.165) is 12.1 Å². The molecule has 0 aliphatic carbocycles. The zero-order chi connectivity index (χ0) is 25.8. The molecule has 0 saturated carbocycles. The topological polar surface area (TPSA) is 126 Å². The van der Waals surface area contributed by atoms with E-state index in [2.05, 4.69) is 20.4 Å². The zero-order valence-electron chi connectivity index (χ0n) is 18.8. The second kappa shape index (κ2) is 11.4. The summed E-state index contributed by atoms with van der Waals surface area (Å²) in [6.07, 6.45) is 0.433. The molecule has 9 nitrogen and oxygen atoms in total. The van der Waals surface area contributed by atoms with Crippen molar-refractivity contribution >= 4 is 39.1 Å². The number of hydrogen-bond donors (Lipinski definition) is 3. The molecule has 3 N–H and O–H groups in total. The Morgan fingerprint density at radius 1 is 1.17 bits per heavy atom. The van der Waals surface area contributed by atoms with Crippen molar-refractivity contribution in [1.82, 2.24) is 25.0 Å². The van der Waals surface area contributed by atoms with Gasteiger partial charge in [-0.25, -0.2) is 22.2 Å². The summed E-state index contributed by atoms with van der Waals surface area (Å²) < 4.78 is 41.9. The van der Waals surface area contributed by atoms with Crippen LogP contribution in [0, 0.1) is 11.7 Å². The van der Waals surface area contributed by atoms with E-state index in [1.807, 2.05) is 13.8 Å². The maximum absolute atomic E-state index is 13.3. The number of amides is 1. The van der Waals surface area contributed by atoms with Crippen LogP contribution in [0.3, 0.4) is 0 Å². The number of carbonyl (C=O) groups is 1. The number of aliphatic hydroxyl groups excluding tert-OH is 1. The average Bonchev–Trinajstić information content (AvgIpc) is 3.23. The van der Waals surface area contributed by atoms with Gasteiger partial charge in [0.05, 0.1) is 46.4 Å². The van der Waals surface area contributed by atoms with Gasteiger partial charge in [0.1, 0.15) is 5.82 Å². The summed E-state index contributed by atoms with van der Waals surface area (Å²) in [6.45, 7) is 3.50. The fourth-order valence-corrected chi connectivity index (χ4v) is 4.67. The Hall–Kier alpha value is -2.57. The molecule has 0 spiro atoms. The van der Waals surface area contributed by atoms with Gasteiger partial charge in [-0.05, 0) is 48.4 Å². The van der Waals surface area contributed by atoms with Crippen LogP contribution in [0.15, 0.2) is 53.6 Å². The van der Waals surface area contributed by atoms with Gasteiger partial charge in [0.2, 0.25) is 10.0 Å². The summed E-state index contributed by atoms with van der Waals surface area (Å²) in [5.74, 6) is -1.28. The Bertz CT molecular complexity index is 1290. The minimum atomic E-state index is -3.78. The van der Waals surface area contributed by atoms with E-state index in [-0.39, 0.29) is 34.5 Å². The molecule has 35 heavy (non-hydrogen) atoms. The molecule has 3 rings (SSSR count). The molecule has 0 saturated heterocycles. The molecule has 0 bridgehead atoms. The van der Waals surface area contributed by atoms with Crippen LogP contribution in [0.5, 0.6) is 0 Å². The minimum absolute atomic E-state index is 0.0167. The summed E-state index contributed by atoms with van der Waals surface area (Å²) in [5, 5.41) is 21.7. The van der Waals surface area contributed by atoms with Crippen LogP contribution >= 0.6 is 23.2 Å². The number of hydrogen-bond acceptors (Lipinski definition) is 6. The Labute approximate surface area is 212 Å². The van der Waals surface area contributed by atoms with Crippen LogP contribution in [0.2, 0.25) is 10.0 Å². The van der Waals surface area contributed by atoms with Crippen molar-refractivity contribution in [3.05, 3.63) is 75.8 Å². The van der Waals surface area contributed by atoms with Crippen molar-refractivity contribution < 1.29 is 22.7 Å². The van der Waals surface area contributed by atoms with Crippen molar-refractivity contribution in [1.29, 1.82) is 0 Å². The standard InChI is InChI=1S/C22H24Cl2FN5O4S/c1-13(2)21(27-22(32)18-8-5-15(25)9-19(18)24)20(31)12-30-11-16(28-29-30)10-26-35(33,34)17-6-3-14(23)4-7-17/h3-9,11,13,20-21,26,31H,10,12H2,1-2H3,(H,27,32)/t20?,21-/m0/s1. The Balaban J connectivity index is 1.62.